The summed E-state index contributed by atoms with van der Waals surface area (Å²) in [6, 6.07) is 21.5. The second-order valence-corrected chi connectivity index (χ2v) is 11.6. The molecule has 0 aromatic heterocycles. The van der Waals surface area contributed by atoms with Crippen molar-refractivity contribution in [3.8, 4) is 0 Å². The highest BCUT2D eigenvalue weighted by Gasteiger charge is 2.19. The first kappa shape index (κ1) is 23.2. The Morgan fingerprint density at radius 1 is 0.923 bits per heavy atom. The maximum Gasteiger partial charge on any atom is 0.101 e. The number of hydrogen-bond donors (Lipinski definition) is 0. The van der Waals surface area contributed by atoms with E-state index in [1.807, 2.05) is 13.8 Å². The first-order valence-electron chi connectivity index (χ1n) is 9.50. The molecule has 0 radical (unpaired) electrons. The molecule has 0 saturated carbocycles. The molecule has 2 nitrogen and oxygen atoms in total. The van der Waals surface area contributed by atoms with Crippen molar-refractivity contribution < 1.29 is 4.52 Å². The van der Waals surface area contributed by atoms with Crippen LogP contribution in [0.2, 0.25) is 0 Å². The van der Waals surface area contributed by atoms with Crippen molar-refractivity contribution >= 4 is 18.3 Å². The van der Waals surface area contributed by atoms with E-state index in [1.165, 1.54) is 22.8 Å². The lowest BCUT2D eigenvalue weighted by atomic mass is 10.4. The molecule has 26 heavy (non-hydrogen) atoms. The van der Waals surface area contributed by atoms with Crippen molar-refractivity contribution in [2.75, 3.05) is 38.9 Å². The number of rotatable bonds is 4. The summed E-state index contributed by atoms with van der Waals surface area (Å²) >= 11 is 0. The molecule has 0 aliphatic carbocycles. The molecule has 1 aliphatic rings. The van der Waals surface area contributed by atoms with E-state index in [9.17, 15) is 0 Å². The molecule has 0 spiro atoms. The Bertz CT molecular complexity index is 550. The van der Waals surface area contributed by atoms with Gasteiger partial charge in [0.25, 0.3) is 0 Å². The Labute approximate surface area is 164 Å². The number of nitrogens with zero attached hydrogens (tertiary/aromatic N) is 1. The normalized spacial score (nSPS) is 17.5. The third-order valence-corrected chi connectivity index (χ3v) is 8.83. The summed E-state index contributed by atoms with van der Waals surface area (Å²) in [5, 5.41) is 0. The summed E-state index contributed by atoms with van der Waals surface area (Å²) in [5.41, 5.74) is 0. The van der Waals surface area contributed by atoms with Gasteiger partial charge in [0, 0.05) is 13.1 Å². The van der Waals surface area contributed by atoms with Gasteiger partial charge in [0.1, 0.15) is 8.30 Å². The summed E-state index contributed by atoms with van der Waals surface area (Å²) < 4.78 is 7.83. The average molecular weight is 394 g/mol. The minimum atomic E-state index is -0.839. The van der Waals surface area contributed by atoms with Gasteiger partial charge in [0.15, 0.2) is 0 Å². The fourth-order valence-electron chi connectivity index (χ4n) is 2.67. The zero-order chi connectivity index (χ0) is 19.4. The van der Waals surface area contributed by atoms with Gasteiger partial charge in [-0.2, -0.15) is 10.0 Å². The van der Waals surface area contributed by atoms with Crippen LogP contribution in [0.15, 0.2) is 70.5 Å². The number of hydrogen-bond acceptors (Lipinski definition) is 2. The lowest BCUT2D eigenvalue weighted by molar-refractivity contribution is 0.391. The zero-order valence-corrected chi connectivity index (χ0v) is 19.0. The van der Waals surface area contributed by atoms with Crippen LogP contribution in [0, 0.1) is 0 Å². The van der Waals surface area contributed by atoms with Gasteiger partial charge < -0.3 is 4.52 Å². The van der Waals surface area contributed by atoms with Gasteiger partial charge >= 0.3 is 0 Å². The third kappa shape index (κ3) is 7.04. The molecule has 146 valence electrons. The molecule has 1 atom stereocenters. The second-order valence-electron chi connectivity index (χ2n) is 6.20. The Morgan fingerprint density at radius 2 is 1.38 bits per heavy atom. The lowest BCUT2D eigenvalue weighted by Gasteiger charge is -2.32. The fraction of sp³-hybridized carbons (Fsp3) is 0.455. The predicted octanol–water partition coefficient (Wildman–Crippen LogP) is 6.87. The second kappa shape index (κ2) is 12.5. The molecule has 0 amide bonds. The van der Waals surface area contributed by atoms with E-state index in [1.54, 1.807) is 0 Å². The molecule has 0 N–H and O–H groups in total. The summed E-state index contributed by atoms with van der Waals surface area (Å²) in [4.78, 5) is 2.88. The monoisotopic (exact) mass is 393 g/mol. The predicted molar refractivity (Wildman–Crippen MR) is 121 cm³/mol. The first-order chi connectivity index (χ1) is 12.6. The van der Waals surface area contributed by atoms with Gasteiger partial charge in [-0.25, -0.2) is 0 Å². The average Bonchev–Trinajstić information content (AvgIpc) is 3.10. The minimum absolute atomic E-state index is 0.201. The van der Waals surface area contributed by atoms with E-state index < -0.39 is 10.0 Å². The minimum Gasteiger partial charge on any atom is -0.342 e. The molecular formula is C22H36NOPS. The fourth-order valence-corrected chi connectivity index (χ4v) is 5.97. The molecule has 2 aromatic rings. The van der Waals surface area contributed by atoms with Gasteiger partial charge in [-0.15, -0.1) is 0 Å². The maximum absolute atomic E-state index is 5.41. The Balaban J connectivity index is 0.000000263. The van der Waals surface area contributed by atoms with Gasteiger partial charge in [0.2, 0.25) is 0 Å². The van der Waals surface area contributed by atoms with Gasteiger partial charge in [-0.1, -0.05) is 57.2 Å². The van der Waals surface area contributed by atoms with E-state index in [2.05, 4.69) is 91.4 Å². The van der Waals surface area contributed by atoms with E-state index in [-0.39, 0.29) is 8.30 Å². The SMILES string of the molecule is CC.CCCN1CCOP1C.CS(C)(c1ccccc1)c1ccccc1. The van der Waals surface area contributed by atoms with Gasteiger partial charge in [-0.05, 0) is 59.7 Å². The highest BCUT2D eigenvalue weighted by molar-refractivity contribution is 8.32. The molecular weight excluding hydrogens is 357 g/mol. The third-order valence-electron chi connectivity index (χ3n) is 4.17. The summed E-state index contributed by atoms with van der Waals surface area (Å²) in [6.07, 6.45) is 5.94. The maximum atomic E-state index is 5.41. The van der Waals surface area contributed by atoms with Gasteiger partial charge in [0.05, 0.1) is 6.61 Å². The molecule has 1 aliphatic heterocycles. The van der Waals surface area contributed by atoms with Crippen LogP contribution in [0.3, 0.4) is 0 Å². The molecule has 1 unspecified atom stereocenters. The highest BCUT2D eigenvalue weighted by atomic mass is 32.3. The van der Waals surface area contributed by atoms with Crippen LogP contribution in [0.5, 0.6) is 0 Å². The summed E-state index contributed by atoms with van der Waals surface area (Å²) in [5.74, 6) is 0. The van der Waals surface area contributed by atoms with E-state index >= 15 is 0 Å². The Morgan fingerprint density at radius 3 is 1.73 bits per heavy atom. The molecule has 1 fully saturated rings. The van der Waals surface area contributed by atoms with Crippen LogP contribution >= 0.6 is 18.3 Å². The van der Waals surface area contributed by atoms with Crippen molar-refractivity contribution in [2.45, 2.75) is 37.0 Å². The molecule has 1 saturated heterocycles. The molecule has 2 aromatic carbocycles. The topological polar surface area (TPSA) is 12.5 Å². The van der Waals surface area contributed by atoms with Crippen molar-refractivity contribution in [1.29, 1.82) is 0 Å². The van der Waals surface area contributed by atoms with Crippen LogP contribution in [0.1, 0.15) is 27.2 Å². The van der Waals surface area contributed by atoms with E-state index in [0.29, 0.717) is 0 Å². The molecule has 1 heterocycles. The zero-order valence-electron chi connectivity index (χ0n) is 17.3. The summed E-state index contributed by atoms with van der Waals surface area (Å²) in [7, 11) is -1.04. The largest absolute Gasteiger partial charge is 0.342 e. The van der Waals surface area contributed by atoms with Crippen molar-refractivity contribution in [3.63, 3.8) is 0 Å². The molecule has 0 bridgehead atoms. The molecule has 4 heteroatoms. The van der Waals surface area contributed by atoms with Gasteiger partial charge in [-0.3, -0.25) is 4.67 Å². The van der Waals surface area contributed by atoms with Crippen molar-refractivity contribution in [2.24, 2.45) is 0 Å². The van der Waals surface area contributed by atoms with Crippen molar-refractivity contribution in [1.82, 2.24) is 4.67 Å². The van der Waals surface area contributed by atoms with E-state index in [0.717, 1.165) is 13.2 Å². The van der Waals surface area contributed by atoms with Crippen molar-refractivity contribution in [3.05, 3.63) is 60.7 Å². The van der Waals surface area contributed by atoms with E-state index in [4.69, 9.17) is 4.52 Å². The van der Waals surface area contributed by atoms with Crippen LogP contribution in [0.25, 0.3) is 0 Å². The first-order valence-corrected chi connectivity index (χ1v) is 13.6. The van der Waals surface area contributed by atoms with Crippen LogP contribution < -0.4 is 0 Å². The Hall–Kier alpha value is -0.860. The van der Waals surface area contributed by atoms with Crippen LogP contribution in [-0.4, -0.2) is 43.5 Å². The lowest BCUT2D eigenvalue weighted by Crippen LogP contribution is -2.14. The highest BCUT2D eigenvalue weighted by Crippen LogP contribution is 2.56. The Kier molecular flexibility index (Phi) is 11.2. The van der Waals surface area contributed by atoms with Crippen LogP contribution in [0.4, 0.5) is 0 Å². The molecule has 3 rings (SSSR count). The summed E-state index contributed by atoms with van der Waals surface area (Å²) in [6.45, 7) is 11.7. The smallest absolute Gasteiger partial charge is 0.101 e. The quantitative estimate of drug-likeness (QED) is 0.526. The standard InChI is InChI=1S/C14H16S.C6H14NOP.C2H6/c1-15(2,13-9-5-3-6-10-13)14-11-7-4-8-12-14;1-3-4-7-5-6-8-9(7)2;1-2/h3-12H,1-2H3;3-6H2,1-2H3;1-2H3. The number of benzene rings is 2. The van der Waals surface area contributed by atoms with Crippen LogP contribution in [-0.2, 0) is 4.52 Å².